The van der Waals surface area contributed by atoms with Crippen LogP contribution in [0, 0.1) is 22.1 Å². The van der Waals surface area contributed by atoms with Crippen molar-refractivity contribution in [2.45, 2.75) is 25.8 Å². The summed E-state index contributed by atoms with van der Waals surface area (Å²) in [6.07, 6.45) is 1.53. The van der Waals surface area contributed by atoms with Crippen LogP contribution in [0.4, 0.5) is 26.0 Å². The second kappa shape index (κ2) is 11.3. The number of carbonyl (C=O) groups excluding carboxylic acids is 1. The SMILES string of the molecule is CNS(=O)(=O)Nc1cc(Cl)c(Oc2c(C(=O)NC3CC3)c(Nc3ccc(I)cc3F)n(C)c(=O)c2C)cc1F. The van der Waals surface area contributed by atoms with Crippen LogP contribution in [0.2, 0.25) is 5.02 Å². The quantitative estimate of drug-likeness (QED) is 0.244. The van der Waals surface area contributed by atoms with Crippen LogP contribution in [0.1, 0.15) is 28.8 Å². The van der Waals surface area contributed by atoms with E-state index in [-0.39, 0.29) is 45.2 Å². The minimum absolute atomic E-state index is 0.00326. The normalized spacial score (nSPS) is 13.2. The highest BCUT2D eigenvalue weighted by atomic mass is 127. The van der Waals surface area contributed by atoms with Crippen molar-refractivity contribution in [3.63, 3.8) is 0 Å². The van der Waals surface area contributed by atoms with Gasteiger partial charge in [0.15, 0.2) is 11.6 Å². The lowest BCUT2D eigenvalue weighted by atomic mass is 10.1. The van der Waals surface area contributed by atoms with Gasteiger partial charge in [-0.05, 0) is 66.6 Å². The van der Waals surface area contributed by atoms with Gasteiger partial charge in [-0.3, -0.25) is 18.9 Å². The summed E-state index contributed by atoms with van der Waals surface area (Å²) in [6.45, 7) is 1.42. The molecule has 39 heavy (non-hydrogen) atoms. The molecule has 15 heteroatoms. The van der Waals surface area contributed by atoms with Crippen LogP contribution in [0.15, 0.2) is 35.1 Å². The Bertz CT molecular complexity index is 1650. The maximum absolute atomic E-state index is 14.8. The van der Waals surface area contributed by atoms with E-state index in [2.05, 4.69) is 10.6 Å². The number of pyridine rings is 1. The van der Waals surface area contributed by atoms with Gasteiger partial charge in [-0.15, -0.1) is 0 Å². The minimum atomic E-state index is -4.04. The van der Waals surface area contributed by atoms with Crippen LogP contribution in [-0.2, 0) is 17.3 Å². The van der Waals surface area contributed by atoms with Crippen molar-refractivity contribution in [1.29, 1.82) is 0 Å². The number of benzene rings is 2. The Kier molecular flexibility index (Phi) is 8.39. The van der Waals surface area contributed by atoms with Gasteiger partial charge in [0.1, 0.15) is 22.9 Å². The number of carbonyl (C=O) groups is 1. The van der Waals surface area contributed by atoms with Crippen molar-refractivity contribution in [3.8, 4) is 11.5 Å². The molecule has 0 spiro atoms. The summed E-state index contributed by atoms with van der Waals surface area (Å²) >= 11 is 8.23. The highest BCUT2D eigenvalue weighted by Crippen LogP contribution is 2.39. The van der Waals surface area contributed by atoms with E-state index in [0.717, 1.165) is 36.6 Å². The Hall–Kier alpha value is -2.95. The summed E-state index contributed by atoms with van der Waals surface area (Å²) in [5.41, 5.74) is -1.15. The molecule has 1 aromatic heterocycles. The summed E-state index contributed by atoms with van der Waals surface area (Å²) in [5.74, 6) is -2.82. The molecule has 208 valence electrons. The van der Waals surface area contributed by atoms with Gasteiger partial charge in [-0.25, -0.2) is 13.5 Å². The van der Waals surface area contributed by atoms with E-state index in [1.54, 1.807) is 6.07 Å². The van der Waals surface area contributed by atoms with E-state index in [9.17, 15) is 26.8 Å². The number of nitrogens with zero attached hydrogens (tertiary/aromatic N) is 1. The number of halogens is 4. The fraction of sp³-hybridized carbons (Fsp3) is 0.250. The zero-order chi connectivity index (χ0) is 28.6. The molecule has 0 unspecified atom stereocenters. The first-order chi connectivity index (χ1) is 18.3. The van der Waals surface area contributed by atoms with Crippen molar-refractivity contribution in [2.75, 3.05) is 17.1 Å². The van der Waals surface area contributed by atoms with Crippen molar-refractivity contribution < 1.29 is 26.7 Å². The molecule has 1 aliphatic carbocycles. The maximum Gasteiger partial charge on any atom is 0.298 e. The fourth-order valence-corrected chi connectivity index (χ4v) is 4.80. The number of ether oxygens (including phenoxy) is 1. The van der Waals surface area contributed by atoms with Gasteiger partial charge in [0.25, 0.3) is 21.7 Å². The summed E-state index contributed by atoms with van der Waals surface area (Å²) in [6, 6.07) is 6.12. The molecule has 2 aromatic carbocycles. The molecular weight excluding hydrogens is 671 g/mol. The number of nitrogens with one attached hydrogen (secondary N) is 4. The Balaban J connectivity index is 1.86. The van der Waals surface area contributed by atoms with Gasteiger partial charge >= 0.3 is 0 Å². The Morgan fingerprint density at radius 3 is 2.44 bits per heavy atom. The minimum Gasteiger partial charge on any atom is -0.454 e. The molecule has 0 bridgehead atoms. The molecule has 0 atom stereocenters. The standard InChI is InChI=1S/C24H23ClF2IN5O5S/c1-11-21(38-19-10-16(27)18(9-14(19)25)32-39(36,37)29-2)20(23(34)30-13-5-6-13)22(33(3)24(11)35)31-17-7-4-12(28)8-15(17)26/h4,7-10,13,29,31-32H,5-6H2,1-3H3,(H,30,34). The summed E-state index contributed by atoms with van der Waals surface area (Å²) in [4.78, 5) is 26.6. The third kappa shape index (κ3) is 6.45. The molecule has 1 fully saturated rings. The van der Waals surface area contributed by atoms with Gasteiger partial charge in [0.2, 0.25) is 0 Å². The highest BCUT2D eigenvalue weighted by molar-refractivity contribution is 14.1. The average molecular weight is 694 g/mol. The molecule has 10 nitrogen and oxygen atoms in total. The summed E-state index contributed by atoms with van der Waals surface area (Å²) in [5, 5.41) is 5.44. The molecule has 0 aliphatic heterocycles. The number of hydrogen-bond acceptors (Lipinski definition) is 6. The predicted molar refractivity (Wildman–Crippen MR) is 152 cm³/mol. The molecule has 1 amide bonds. The lowest BCUT2D eigenvalue weighted by Crippen LogP contribution is -2.31. The lowest BCUT2D eigenvalue weighted by molar-refractivity contribution is 0.0948. The van der Waals surface area contributed by atoms with Crippen LogP contribution in [0.25, 0.3) is 0 Å². The number of hydrogen-bond donors (Lipinski definition) is 4. The van der Waals surface area contributed by atoms with E-state index >= 15 is 0 Å². The number of amides is 1. The van der Waals surface area contributed by atoms with Gasteiger partial charge in [0.05, 0.1) is 22.0 Å². The van der Waals surface area contributed by atoms with Crippen molar-refractivity contribution >= 4 is 67.5 Å². The van der Waals surface area contributed by atoms with Gasteiger partial charge in [0, 0.05) is 29.8 Å². The molecule has 1 saturated carbocycles. The van der Waals surface area contributed by atoms with Crippen LogP contribution >= 0.6 is 34.2 Å². The molecule has 0 radical (unpaired) electrons. The first kappa shape index (κ1) is 29.0. The van der Waals surface area contributed by atoms with E-state index in [1.165, 1.54) is 26.1 Å². The molecule has 3 aromatic rings. The van der Waals surface area contributed by atoms with Gasteiger partial charge in [-0.1, -0.05) is 11.6 Å². The highest BCUT2D eigenvalue weighted by Gasteiger charge is 2.31. The number of rotatable bonds is 9. The van der Waals surface area contributed by atoms with E-state index < -0.39 is 39.0 Å². The number of anilines is 3. The summed E-state index contributed by atoms with van der Waals surface area (Å²) in [7, 11) is -1.49. The second-order valence-electron chi connectivity index (χ2n) is 8.71. The van der Waals surface area contributed by atoms with Gasteiger partial charge in [-0.2, -0.15) is 8.42 Å². The van der Waals surface area contributed by atoms with Crippen molar-refractivity contribution in [2.24, 2.45) is 7.05 Å². The Morgan fingerprint density at radius 1 is 1.15 bits per heavy atom. The first-order valence-electron chi connectivity index (χ1n) is 11.5. The molecule has 0 saturated heterocycles. The Labute approximate surface area is 241 Å². The van der Waals surface area contributed by atoms with Crippen LogP contribution in [0.3, 0.4) is 0 Å². The summed E-state index contributed by atoms with van der Waals surface area (Å²) < 4.78 is 64.8. The average Bonchev–Trinajstić information content (AvgIpc) is 3.68. The smallest absolute Gasteiger partial charge is 0.298 e. The maximum atomic E-state index is 14.8. The third-order valence-electron chi connectivity index (χ3n) is 5.84. The van der Waals surface area contributed by atoms with Crippen molar-refractivity contribution in [3.05, 3.63) is 72.0 Å². The Morgan fingerprint density at radius 2 is 1.82 bits per heavy atom. The van der Waals surface area contributed by atoms with Crippen LogP contribution in [0.5, 0.6) is 11.5 Å². The molecule has 1 heterocycles. The topological polar surface area (TPSA) is 131 Å². The fourth-order valence-electron chi connectivity index (χ4n) is 3.59. The van der Waals surface area contributed by atoms with Gasteiger partial charge < -0.3 is 15.4 Å². The zero-order valence-electron chi connectivity index (χ0n) is 20.8. The second-order valence-corrected chi connectivity index (χ2v) is 12.0. The monoisotopic (exact) mass is 693 g/mol. The van der Waals surface area contributed by atoms with Crippen molar-refractivity contribution in [1.82, 2.24) is 14.6 Å². The van der Waals surface area contributed by atoms with Crippen LogP contribution in [-0.4, -0.2) is 32.0 Å². The molecule has 1 aliphatic rings. The molecule has 4 N–H and O–H groups in total. The molecule has 4 rings (SSSR count). The van der Waals surface area contributed by atoms with E-state index in [0.29, 0.717) is 3.57 Å². The predicted octanol–water partition coefficient (Wildman–Crippen LogP) is 4.53. The third-order valence-corrected chi connectivity index (χ3v) is 7.83. The first-order valence-corrected chi connectivity index (χ1v) is 14.4. The number of aromatic nitrogens is 1. The van der Waals surface area contributed by atoms with Crippen LogP contribution < -0.4 is 30.4 Å². The lowest BCUT2D eigenvalue weighted by Gasteiger charge is -2.22. The largest absolute Gasteiger partial charge is 0.454 e. The van der Waals surface area contributed by atoms with E-state index in [1.807, 2.05) is 32.0 Å². The molecular formula is C24H23ClF2IN5O5S. The zero-order valence-corrected chi connectivity index (χ0v) is 24.5. The van der Waals surface area contributed by atoms with E-state index in [4.69, 9.17) is 16.3 Å².